The topological polar surface area (TPSA) is 53.0 Å². The SMILES string of the molecule is CN=C(NCc1cc(N(C)C)nc2ccccc12)N1CCC(COCc2ccccc2)C1.I. The highest BCUT2D eigenvalue weighted by Gasteiger charge is 2.25. The molecule has 4 rings (SSSR count). The fourth-order valence-corrected chi connectivity index (χ4v) is 4.19. The Morgan fingerprint density at radius 3 is 2.67 bits per heavy atom. The molecule has 0 amide bonds. The number of nitrogens with zero attached hydrogens (tertiary/aromatic N) is 4. The Hall–Kier alpha value is -2.39. The maximum absolute atomic E-state index is 5.98. The lowest BCUT2D eigenvalue weighted by atomic mass is 10.1. The van der Waals surface area contributed by atoms with Crippen molar-refractivity contribution >= 4 is 46.7 Å². The number of aromatic nitrogens is 1. The number of aliphatic imine (C=N–C) groups is 1. The number of halogens is 1. The minimum atomic E-state index is 0. The zero-order valence-electron chi connectivity index (χ0n) is 19.7. The van der Waals surface area contributed by atoms with Crippen molar-refractivity contribution in [3.05, 3.63) is 71.8 Å². The number of rotatable bonds is 7. The lowest BCUT2D eigenvalue weighted by molar-refractivity contribution is 0.0906. The predicted molar refractivity (Wildman–Crippen MR) is 147 cm³/mol. The van der Waals surface area contributed by atoms with Crippen molar-refractivity contribution in [2.24, 2.45) is 10.9 Å². The van der Waals surface area contributed by atoms with Gasteiger partial charge < -0.3 is 19.9 Å². The number of guanidine groups is 1. The maximum Gasteiger partial charge on any atom is 0.193 e. The Morgan fingerprint density at radius 1 is 1.15 bits per heavy atom. The summed E-state index contributed by atoms with van der Waals surface area (Å²) < 4.78 is 5.98. The molecule has 1 fully saturated rings. The first kappa shape index (κ1) is 25.2. The minimum absolute atomic E-state index is 0. The molecular weight excluding hydrogens is 525 g/mol. The van der Waals surface area contributed by atoms with Crippen LogP contribution in [0, 0.1) is 5.92 Å². The van der Waals surface area contributed by atoms with E-state index in [-0.39, 0.29) is 24.0 Å². The molecule has 0 saturated carbocycles. The summed E-state index contributed by atoms with van der Waals surface area (Å²) in [6.07, 6.45) is 1.12. The van der Waals surface area contributed by atoms with Gasteiger partial charge in [-0.2, -0.15) is 0 Å². The summed E-state index contributed by atoms with van der Waals surface area (Å²) in [7, 11) is 5.91. The molecule has 1 unspecified atom stereocenters. The first-order valence-corrected chi connectivity index (χ1v) is 11.3. The van der Waals surface area contributed by atoms with Gasteiger partial charge in [0.1, 0.15) is 5.82 Å². The van der Waals surface area contributed by atoms with Gasteiger partial charge in [0.2, 0.25) is 0 Å². The van der Waals surface area contributed by atoms with Crippen LogP contribution >= 0.6 is 24.0 Å². The van der Waals surface area contributed by atoms with E-state index in [0.29, 0.717) is 19.1 Å². The second kappa shape index (κ2) is 12.2. The summed E-state index contributed by atoms with van der Waals surface area (Å²) in [5.41, 5.74) is 3.46. The van der Waals surface area contributed by atoms with Crippen LogP contribution in [0.4, 0.5) is 5.82 Å². The van der Waals surface area contributed by atoms with Crippen LogP contribution in [0.5, 0.6) is 0 Å². The fourth-order valence-electron chi connectivity index (χ4n) is 4.19. The van der Waals surface area contributed by atoms with Crippen LogP contribution < -0.4 is 10.2 Å². The molecule has 0 spiro atoms. The largest absolute Gasteiger partial charge is 0.376 e. The van der Waals surface area contributed by atoms with Gasteiger partial charge in [-0.25, -0.2) is 4.98 Å². The maximum atomic E-state index is 5.98. The van der Waals surface area contributed by atoms with Crippen molar-refractivity contribution in [1.82, 2.24) is 15.2 Å². The zero-order chi connectivity index (χ0) is 22.3. The number of ether oxygens (including phenoxy) is 1. The number of pyridine rings is 1. The van der Waals surface area contributed by atoms with Crippen LogP contribution in [0.3, 0.4) is 0 Å². The predicted octanol–water partition coefficient (Wildman–Crippen LogP) is 4.53. The number of nitrogens with one attached hydrogen (secondary N) is 1. The molecule has 1 saturated heterocycles. The molecule has 0 aliphatic carbocycles. The number of hydrogen-bond donors (Lipinski definition) is 1. The number of fused-ring (bicyclic) bond motifs is 1. The Kier molecular flexibility index (Phi) is 9.31. The second-order valence-electron chi connectivity index (χ2n) is 8.55. The highest BCUT2D eigenvalue weighted by Crippen LogP contribution is 2.23. The van der Waals surface area contributed by atoms with E-state index in [4.69, 9.17) is 9.72 Å². The highest BCUT2D eigenvalue weighted by molar-refractivity contribution is 14.0. The van der Waals surface area contributed by atoms with Gasteiger partial charge in [-0.3, -0.25) is 4.99 Å². The van der Waals surface area contributed by atoms with Crippen molar-refractivity contribution in [3.8, 4) is 0 Å². The average Bonchev–Trinajstić information content (AvgIpc) is 3.28. The summed E-state index contributed by atoms with van der Waals surface area (Å²) in [6, 6.07) is 20.8. The Bertz CT molecular complexity index is 1060. The molecule has 33 heavy (non-hydrogen) atoms. The van der Waals surface area contributed by atoms with E-state index >= 15 is 0 Å². The van der Waals surface area contributed by atoms with Crippen molar-refractivity contribution in [2.45, 2.75) is 19.6 Å². The monoisotopic (exact) mass is 559 g/mol. The molecule has 1 atom stereocenters. The Labute approximate surface area is 214 Å². The second-order valence-corrected chi connectivity index (χ2v) is 8.55. The van der Waals surface area contributed by atoms with Crippen LogP contribution in [0.15, 0.2) is 65.7 Å². The van der Waals surface area contributed by atoms with Crippen LogP contribution in [0.2, 0.25) is 0 Å². The fraction of sp³-hybridized carbons (Fsp3) is 0.385. The van der Waals surface area contributed by atoms with E-state index < -0.39 is 0 Å². The van der Waals surface area contributed by atoms with Crippen molar-refractivity contribution < 1.29 is 4.74 Å². The smallest absolute Gasteiger partial charge is 0.193 e. The van der Waals surface area contributed by atoms with Gasteiger partial charge >= 0.3 is 0 Å². The normalized spacial score (nSPS) is 16.0. The molecule has 1 aliphatic rings. The molecule has 176 valence electrons. The van der Waals surface area contributed by atoms with Crippen molar-refractivity contribution in [2.75, 3.05) is 45.7 Å². The number of anilines is 1. The Balaban J connectivity index is 0.00000306. The lowest BCUT2D eigenvalue weighted by Crippen LogP contribution is -2.40. The molecular formula is C26H34IN5O. The van der Waals surface area contributed by atoms with Crippen molar-refractivity contribution in [3.63, 3.8) is 0 Å². The summed E-state index contributed by atoms with van der Waals surface area (Å²) >= 11 is 0. The van der Waals surface area contributed by atoms with Crippen LogP contribution in [0.25, 0.3) is 10.9 Å². The summed E-state index contributed by atoms with van der Waals surface area (Å²) in [4.78, 5) is 13.7. The first-order valence-electron chi connectivity index (χ1n) is 11.3. The van der Waals surface area contributed by atoms with Gasteiger partial charge in [-0.15, -0.1) is 24.0 Å². The van der Waals surface area contributed by atoms with Gasteiger partial charge in [0, 0.05) is 52.1 Å². The summed E-state index contributed by atoms with van der Waals surface area (Å²) in [6.45, 7) is 4.13. The number of likely N-dealkylation sites (tertiary alicyclic amines) is 1. The van der Waals surface area contributed by atoms with Crippen molar-refractivity contribution in [1.29, 1.82) is 0 Å². The molecule has 1 aliphatic heterocycles. The quantitative estimate of drug-likeness (QED) is 0.262. The molecule has 0 radical (unpaired) electrons. The lowest BCUT2D eigenvalue weighted by Gasteiger charge is -2.22. The minimum Gasteiger partial charge on any atom is -0.376 e. The molecule has 3 aromatic rings. The molecule has 0 bridgehead atoms. The third-order valence-electron chi connectivity index (χ3n) is 5.95. The average molecular weight is 559 g/mol. The van der Waals surface area contributed by atoms with Gasteiger partial charge in [0.05, 0.1) is 18.7 Å². The zero-order valence-corrected chi connectivity index (χ0v) is 22.0. The number of benzene rings is 2. The van der Waals surface area contributed by atoms with E-state index in [1.165, 1.54) is 16.5 Å². The number of hydrogen-bond acceptors (Lipinski definition) is 4. The molecule has 6 nitrogen and oxygen atoms in total. The van der Waals surface area contributed by atoms with E-state index in [1.807, 2.05) is 38.2 Å². The third-order valence-corrected chi connectivity index (χ3v) is 5.95. The third kappa shape index (κ3) is 6.57. The molecule has 2 heterocycles. The molecule has 1 aromatic heterocycles. The van der Waals surface area contributed by atoms with Gasteiger partial charge in [-0.1, -0.05) is 48.5 Å². The first-order chi connectivity index (χ1) is 15.6. The molecule has 1 N–H and O–H groups in total. The van der Waals surface area contributed by atoms with E-state index in [1.54, 1.807) is 0 Å². The van der Waals surface area contributed by atoms with Crippen LogP contribution in [-0.4, -0.2) is 56.7 Å². The standard InChI is InChI=1S/C26H33N5O.HI/c1-27-26(31-14-13-21(17-31)19-32-18-20-9-5-4-6-10-20)28-16-22-15-25(30(2)3)29-24-12-8-7-11-23(22)24;/h4-12,15,21H,13-14,16-19H2,1-3H3,(H,27,28);1H. The van der Waals surface area contributed by atoms with E-state index in [9.17, 15) is 0 Å². The summed E-state index contributed by atoms with van der Waals surface area (Å²) in [5, 5.41) is 4.75. The summed E-state index contributed by atoms with van der Waals surface area (Å²) in [5.74, 6) is 2.44. The highest BCUT2D eigenvalue weighted by atomic mass is 127. The van der Waals surface area contributed by atoms with Gasteiger partial charge in [-0.05, 0) is 29.7 Å². The van der Waals surface area contributed by atoms with E-state index in [0.717, 1.165) is 43.4 Å². The van der Waals surface area contributed by atoms with Crippen LogP contribution in [0.1, 0.15) is 17.5 Å². The molecule has 2 aromatic carbocycles. The van der Waals surface area contributed by atoms with E-state index in [2.05, 4.69) is 63.7 Å². The van der Waals surface area contributed by atoms with Gasteiger partial charge in [0.25, 0.3) is 0 Å². The van der Waals surface area contributed by atoms with Crippen LogP contribution in [-0.2, 0) is 17.9 Å². The molecule has 7 heteroatoms. The Morgan fingerprint density at radius 2 is 1.91 bits per heavy atom. The van der Waals surface area contributed by atoms with Gasteiger partial charge in [0.15, 0.2) is 5.96 Å². The number of para-hydroxylation sites is 1.